The van der Waals surface area contributed by atoms with Crippen LogP contribution in [0.3, 0.4) is 0 Å². The molecule has 0 aromatic heterocycles. The molecule has 3 nitrogen and oxygen atoms in total. The molecule has 0 bridgehead atoms. The highest BCUT2D eigenvalue weighted by atomic mass is 16.6. The molecule has 17 heavy (non-hydrogen) atoms. The van der Waals surface area contributed by atoms with Crippen molar-refractivity contribution in [2.75, 3.05) is 0 Å². The van der Waals surface area contributed by atoms with Gasteiger partial charge in [-0.3, -0.25) is 0 Å². The Labute approximate surface area is 99.7 Å². The molecule has 0 spiro atoms. The lowest BCUT2D eigenvalue weighted by Gasteiger charge is -1.92. The number of cyclic esters (lactones) is 2. The van der Waals surface area contributed by atoms with Crippen molar-refractivity contribution in [3.05, 3.63) is 60.7 Å². The molecular formula is C14H12O3. The van der Waals surface area contributed by atoms with Gasteiger partial charge in [0.05, 0.1) is 0 Å². The average molecular weight is 228 g/mol. The summed E-state index contributed by atoms with van der Waals surface area (Å²) in [5.74, 6) is -1.16. The molecule has 0 saturated heterocycles. The first-order valence-corrected chi connectivity index (χ1v) is 4.94. The Morgan fingerprint density at radius 2 is 1.18 bits per heavy atom. The molecule has 86 valence electrons. The number of hydrogen-bond donors (Lipinski definition) is 0. The molecule has 1 heterocycles. The zero-order valence-electron chi connectivity index (χ0n) is 9.26. The SMILES string of the molecule is C=Cc1ccc(C=C)cc1.O=C1C=CC(=O)O1. The van der Waals surface area contributed by atoms with Crippen LogP contribution in [0.1, 0.15) is 11.1 Å². The van der Waals surface area contributed by atoms with Crippen molar-refractivity contribution in [3.8, 4) is 0 Å². The quantitative estimate of drug-likeness (QED) is 0.577. The van der Waals surface area contributed by atoms with Gasteiger partial charge in [-0.2, -0.15) is 0 Å². The summed E-state index contributed by atoms with van der Waals surface area (Å²) in [7, 11) is 0. The molecule has 2 rings (SSSR count). The average Bonchev–Trinajstić information content (AvgIpc) is 2.74. The molecule has 0 unspecified atom stereocenters. The highest BCUT2D eigenvalue weighted by Gasteiger charge is 2.10. The molecule has 0 aliphatic carbocycles. The van der Waals surface area contributed by atoms with Crippen molar-refractivity contribution >= 4 is 24.1 Å². The monoisotopic (exact) mass is 228 g/mol. The molecular weight excluding hydrogens is 216 g/mol. The van der Waals surface area contributed by atoms with Gasteiger partial charge in [0.1, 0.15) is 0 Å². The van der Waals surface area contributed by atoms with E-state index in [4.69, 9.17) is 0 Å². The topological polar surface area (TPSA) is 43.4 Å². The van der Waals surface area contributed by atoms with Gasteiger partial charge in [0.15, 0.2) is 0 Å². The first-order chi connectivity index (χ1) is 8.15. The highest BCUT2D eigenvalue weighted by molar-refractivity contribution is 6.04. The molecule has 0 saturated carbocycles. The highest BCUT2D eigenvalue weighted by Crippen LogP contribution is 2.05. The Hall–Kier alpha value is -2.42. The van der Waals surface area contributed by atoms with Crippen LogP contribution in [0.15, 0.2) is 49.6 Å². The third-order valence-corrected chi connectivity index (χ3v) is 1.96. The molecule has 0 N–H and O–H groups in total. The van der Waals surface area contributed by atoms with Crippen molar-refractivity contribution in [2.24, 2.45) is 0 Å². The van der Waals surface area contributed by atoms with E-state index in [1.807, 2.05) is 36.4 Å². The first-order valence-electron chi connectivity index (χ1n) is 4.94. The van der Waals surface area contributed by atoms with Gasteiger partial charge in [-0.25, -0.2) is 9.59 Å². The maximum Gasteiger partial charge on any atom is 0.338 e. The number of carbonyl (C=O) groups excluding carboxylic acids is 2. The largest absolute Gasteiger partial charge is 0.387 e. The van der Waals surface area contributed by atoms with E-state index in [2.05, 4.69) is 17.9 Å². The van der Waals surface area contributed by atoms with Crippen LogP contribution < -0.4 is 0 Å². The first kappa shape index (κ1) is 12.6. The molecule has 0 radical (unpaired) electrons. The maximum absolute atomic E-state index is 9.92. The Morgan fingerprint density at radius 1 is 0.824 bits per heavy atom. The number of benzene rings is 1. The predicted molar refractivity (Wildman–Crippen MR) is 66.9 cm³/mol. The molecule has 1 aromatic carbocycles. The summed E-state index contributed by atoms with van der Waals surface area (Å²) in [6.07, 6.45) is 5.82. The molecule has 1 aliphatic heterocycles. The Balaban J connectivity index is 0.000000181. The van der Waals surface area contributed by atoms with E-state index < -0.39 is 11.9 Å². The third kappa shape index (κ3) is 4.30. The fourth-order valence-electron chi connectivity index (χ4n) is 1.07. The Kier molecular flexibility index (Phi) is 4.63. The molecule has 1 aliphatic rings. The van der Waals surface area contributed by atoms with Crippen LogP contribution in [0.2, 0.25) is 0 Å². The summed E-state index contributed by atoms with van der Waals surface area (Å²) in [6.45, 7) is 7.32. The van der Waals surface area contributed by atoms with Crippen molar-refractivity contribution in [1.82, 2.24) is 0 Å². The number of rotatable bonds is 2. The Morgan fingerprint density at radius 3 is 1.35 bits per heavy atom. The maximum atomic E-state index is 9.92. The van der Waals surface area contributed by atoms with Crippen LogP contribution in [0.5, 0.6) is 0 Å². The minimum Gasteiger partial charge on any atom is -0.387 e. The fraction of sp³-hybridized carbons (Fsp3) is 0. The lowest BCUT2D eigenvalue weighted by atomic mass is 10.1. The number of hydrogen-bond acceptors (Lipinski definition) is 3. The lowest BCUT2D eigenvalue weighted by molar-refractivity contribution is -0.150. The summed E-state index contributed by atoms with van der Waals surface area (Å²) in [5.41, 5.74) is 2.29. The summed E-state index contributed by atoms with van der Waals surface area (Å²) in [5, 5.41) is 0. The van der Waals surface area contributed by atoms with Gasteiger partial charge < -0.3 is 4.74 Å². The van der Waals surface area contributed by atoms with E-state index in [9.17, 15) is 9.59 Å². The van der Waals surface area contributed by atoms with Gasteiger partial charge in [0.2, 0.25) is 0 Å². The number of esters is 2. The number of ether oxygens (including phenoxy) is 1. The van der Waals surface area contributed by atoms with E-state index in [-0.39, 0.29) is 0 Å². The summed E-state index contributed by atoms with van der Waals surface area (Å²) < 4.78 is 3.97. The van der Waals surface area contributed by atoms with E-state index in [0.29, 0.717) is 0 Å². The van der Waals surface area contributed by atoms with E-state index >= 15 is 0 Å². The van der Waals surface area contributed by atoms with Crippen LogP contribution >= 0.6 is 0 Å². The van der Waals surface area contributed by atoms with Gasteiger partial charge in [-0.05, 0) is 11.1 Å². The second-order valence-electron chi connectivity index (χ2n) is 3.15. The Bertz CT molecular complexity index is 424. The van der Waals surface area contributed by atoms with Crippen LogP contribution in [0.4, 0.5) is 0 Å². The van der Waals surface area contributed by atoms with Crippen LogP contribution in [-0.2, 0) is 14.3 Å². The molecule has 0 fully saturated rings. The van der Waals surface area contributed by atoms with Gasteiger partial charge in [0, 0.05) is 12.2 Å². The van der Waals surface area contributed by atoms with Gasteiger partial charge in [0.25, 0.3) is 0 Å². The normalized spacial score (nSPS) is 12.5. The van der Waals surface area contributed by atoms with Crippen LogP contribution in [-0.4, -0.2) is 11.9 Å². The van der Waals surface area contributed by atoms with E-state index in [1.165, 1.54) is 0 Å². The minimum absolute atomic E-state index is 0.579. The van der Waals surface area contributed by atoms with Gasteiger partial charge >= 0.3 is 11.9 Å². The van der Waals surface area contributed by atoms with Crippen molar-refractivity contribution < 1.29 is 14.3 Å². The summed E-state index contributed by atoms with van der Waals surface area (Å²) >= 11 is 0. The predicted octanol–water partition coefficient (Wildman–Crippen LogP) is 2.60. The lowest BCUT2D eigenvalue weighted by Crippen LogP contribution is -1.96. The van der Waals surface area contributed by atoms with Crippen molar-refractivity contribution in [1.29, 1.82) is 0 Å². The third-order valence-electron chi connectivity index (χ3n) is 1.96. The minimum atomic E-state index is -0.579. The fourth-order valence-corrected chi connectivity index (χ4v) is 1.07. The van der Waals surface area contributed by atoms with E-state index in [0.717, 1.165) is 23.3 Å². The van der Waals surface area contributed by atoms with Crippen molar-refractivity contribution in [3.63, 3.8) is 0 Å². The van der Waals surface area contributed by atoms with Crippen LogP contribution in [0, 0.1) is 0 Å². The second kappa shape index (κ2) is 6.23. The molecule has 3 heteroatoms. The molecule has 1 aromatic rings. The zero-order valence-corrected chi connectivity index (χ0v) is 9.26. The van der Waals surface area contributed by atoms with Gasteiger partial charge in [-0.1, -0.05) is 49.6 Å². The second-order valence-corrected chi connectivity index (χ2v) is 3.15. The summed E-state index contributed by atoms with van der Waals surface area (Å²) in [6, 6.07) is 8.07. The zero-order chi connectivity index (χ0) is 12.7. The molecule has 0 atom stereocenters. The number of carbonyl (C=O) groups is 2. The van der Waals surface area contributed by atoms with E-state index in [1.54, 1.807) is 0 Å². The van der Waals surface area contributed by atoms with Gasteiger partial charge in [-0.15, -0.1) is 0 Å². The van der Waals surface area contributed by atoms with Crippen molar-refractivity contribution in [2.45, 2.75) is 0 Å². The smallest absolute Gasteiger partial charge is 0.338 e. The standard InChI is InChI=1S/C10H10.C4H2O3/c1-3-9-5-7-10(4-2)8-6-9;5-3-1-2-4(6)7-3/h3-8H,1-2H2;1-2H. The molecule has 0 amide bonds. The van der Waals surface area contributed by atoms with Crippen LogP contribution in [0.25, 0.3) is 12.2 Å². The summed E-state index contributed by atoms with van der Waals surface area (Å²) in [4.78, 5) is 19.8.